The summed E-state index contributed by atoms with van der Waals surface area (Å²) >= 11 is 0. The van der Waals surface area contributed by atoms with Gasteiger partial charge in [-0.15, -0.1) is 0 Å². The van der Waals surface area contributed by atoms with Crippen molar-refractivity contribution in [2.45, 2.75) is 19.3 Å². The molecule has 1 atom stereocenters. The van der Waals surface area contributed by atoms with Crippen LogP contribution in [0.4, 0.5) is 4.39 Å². The van der Waals surface area contributed by atoms with Gasteiger partial charge >= 0.3 is 0 Å². The van der Waals surface area contributed by atoms with Gasteiger partial charge in [-0.3, -0.25) is 0 Å². The summed E-state index contributed by atoms with van der Waals surface area (Å²) in [5.41, 5.74) is 2.59. The van der Waals surface area contributed by atoms with E-state index < -0.39 is 6.10 Å². The minimum Gasteiger partial charge on any atom is -0.392 e. The number of rotatable bonds is 6. The fourth-order valence-electron chi connectivity index (χ4n) is 1.99. The zero-order valence-corrected chi connectivity index (χ0v) is 11.1. The summed E-state index contributed by atoms with van der Waals surface area (Å²) in [6.07, 6.45) is -0.670. The Bertz CT molecular complexity index is 542. The highest BCUT2D eigenvalue weighted by atomic mass is 19.1. The second kappa shape index (κ2) is 7.14. The maximum absolute atomic E-state index is 12.8. The SMILES string of the molecule is OCc1cccc(CNCC(O)c2ccc(F)cc2)c1. The molecule has 0 fully saturated rings. The van der Waals surface area contributed by atoms with Crippen LogP contribution >= 0.6 is 0 Å². The number of hydrogen-bond acceptors (Lipinski definition) is 3. The molecule has 0 saturated carbocycles. The van der Waals surface area contributed by atoms with Crippen LogP contribution in [0.1, 0.15) is 22.8 Å². The first-order chi connectivity index (χ1) is 9.69. The van der Waals surface area contributed by atoms with Gasteiger partial charge in [0.25, 0.3) is 0 Å². The summed E-state index contributed by atoms with van der Waals surface area (Å²) in [5.74, 6) is -0.310. The Labute approximate surface area is 117 Å². The molecule has 3 N–H and O–H groups in total. The highest BCUT2D eigenvalue weighted by Gasteiger charge is 2.07. The van der Waals surface area contributed by atoms with Crippen LogP contribution in [0.2, 0.25) is 0 Å². The molecule has 1 unspecified atom stereocenters. The average molecular weight is 275 g/mol. The Balaban J connectivity index is 1.84. The Morgan fingerprint density at radius 2 is 1.75 bits per heavy atom. The number of hydrogen-bond donors (Lipinski definition) is 3. The number of aliphatic hydroxyl groups excluding tert-OH is 2. The Kier molecular flexibility index (Phi) is 5.24. The lowest BCUT2D eigenvalue weighted by Crippen LogP contribution is -2.21. The van der Waals surface area contributed by atoms with E-state index in [1.807, 2.05) is 24.3 Å². The van der Waals surface area contributed by atoms with Gasteiger partial charge in [-0.1, -0.05) is 36.4 Å². The van der Waals surface area contributed by atoms with Gasteiger partial charge in [0.05, 0.1) is 12.7 Å². The first-order valence-corrected chi connectivity index (χ1v) is 6.52. The van der Waals surface area contributed by atoms with E-state index >= 15 is 0 Å². The van der Waals surface area contributed by atoms with Crippen LogP contribution in [0.3, 0.4) is 0 Å². The quantitative estimate of drug-likeness (QED) is 0.757. The van der Waals surface area contributed by atoms with Crippen LogP contribution in [0, 0.1) is 5.82 Å². The first-order valence-electron chi connectivity index (χ1n) is 6.52. The van der Waals surface area contributed by atoms with Crippen molar-refractivity contribution in [3.63, 3.8) is 0 Å². The average Bonchev–Trinajstić information content (AvgIpc) is 2.48. The van der Waals surface area contributed by atoms with Gasteiger partial charge in [0, 0.05) is 13.1 Å². The molecule has 0 heterocycles. The molecule has 20 heavy (non-hydrogen) atoms. The van der Waals surface area contributed by atoms with Crippen molar-refractivity contribution in [2.24, 2.45) is 0 Å². The van der Waals surface area contributed by atoms with Gasteiger partial charge in [-0.25, -0.2) is 4.39 Å². The second-order valence-electron chi connectivity index (χ2n) is 4.68. The third kappa shape index (κ3) is 4.13. The van der Waals surface area contributed by atoms with Gasteiger partial charge in [0.2, 0.25) is 0 Å². The smallest absolute Gasteiger partial charge is 0.123 e. The molecule has 0 aliphatic rings. The standard InChI is InChI=1S/C16H18FNO2/c17-15-6-4-14(5-7-15)16(20)10-18-9-12-2-1-3-13(8-12)11-19/h1-8,16,18-20H,9-11H2. The monoisotopic (exact) mass is 275 g/mol. The highest BCUT2D eigenvalue weighted by molar-refractivity contribution is 5.23. The Morgan fingerprint density at radius 1 is 1.05 bits per heavy atom. The zero-order valence-electron chi connectivity index (χ0n) is 11.1. The van der Waals surface area contributed by atoms with Crippen molar-refractivity contribution < 1.29 is 14.6 Å². The third-order valence-electron chi connectivity index (χ3n) is 3.10. The van der Waals surface area contributed by atoms with Gasteiger partial charge in [0.15, 0.2) is 0 Å². The lowest BCUT2D eigenvalue weighted by Gasteiger charge is -2.12. The Morgan fingerprint density at radius 3 is 2.45 bits per heavy atom. The fourth-order valence-corrected chi connectivity index (χ4v) is 1.99. The van der Waals surface area contributed by atoms with Crippen molar-refractivity contribution in [1.82, 2.24) is 5.32 Å². The van der Waals surface area contributed by atoms with E-state index in [4.69, 9.17) is 5.11 Å². The number of halogens is 1. The molecule has 106 valence electrons. The van der Waals surface area contributed by atoms with Crippen LogP contribution in [-0.2, 0) is 13.2 Å². The normalized spacial score (nSPS) is 12.3. The molecule has 2 rings (SSSR count). The summed E-state index contributed by atoms with van der Waals surface area (Å²) in [7, 11) is 0. The van der Waals surface area contributed by atoms with Crippen molar-refractivity contribution in [3.05, 3.63) is 71.0 Å². The van der Waals surface area contributed by atoms with Gasteiger partial charge in [-0.2, -0.15) is 0 Å². The van der Waals surface area contributed by atoms with E-state index in [0.717, 1.165) is 11.1 Å². The van der Waals surface area contributed by atoms with Crippen LogP contribution in [-0.4, -0.2) is 16.8 Å². The lowest BCUT2D eigenvalue weighted by atomic mass is 10.1. The minimum atomic E-state index is -0.670. The molecule has 4 heteroatoms. The van der Waals surface area contributed by atoms with Crippen LogP contribution in [0.25, 0.3) is 0 Å². The van der Waals surface area contributed by atoms with Crippen molar-refractivity contribution in [1.29, 1.82) is 0 Å². The fraction of sp³-hybridized carbons (Fsp3) is 0.250. The van der Waals surface area contributed by atoms with Gasteiger partial charge < -0.3 is 15.5 Å². The molecule has 2 aromatic carbocycles. The second-order valence-corrected chi connectivity index (χ2v) is 4.68. The van der Waals surface area contributed by atoms with Gasteiger partial charge in [0.1, 0.15) is 5.82 Å². The van der Waals surface area contributed by atoms with E-state index in [1.165, 1.54) is 12.1 Å². The molecule has 0 aliphatic carbocycles. The summed E-state index contributed by atoms with van der Waals surface area (Å²) < 4.78 is 12.8. The number of nitrogens with one attached hydrogen (secondary N) is 1. The molecule has 3 nitrogen and oxygen atoms in total. The molecule has 2 aromatic rings. The molecular formula is C16H18FNO2. The number of aliphatic hydroxyl groups is 2. The summed E-state index contributed by atoms with van der Waals surface area (Å²) in [5, 5.41) is 22.2. The predicted octanol–water partition coefficient (Wildman–Crippen LogP) is 2.14. The van der Waals surface area contributed by atoms with Gasteiger partial charge in [-0.05, 0) is 28.8 Å². The largest absolute Gasteiger partial charge is 0.392 e. The molecule has 0 radical (unpaired) electrons. The van der Waals surface area contributed by atoms with Crippen LogP contribution in [0.15, 0.2) is 48.5 Å². The van der Waals surface area contributed by atoms with Crippen molar-refractivity contribution in [2.75, 3.05) is 6.54 Å². The van der Waals surface area contributed by atoms with E-state index in [9.17, 15) is 9.50 Å². The van der Waals surface area contributed by atoms with Crippen molar-refractivity contribution in [3.8, 4) is 0 Å². The predicted molar refractivity (Wildman–Crippen MR) is 75.4 cm³/mol. The van der Waals surface area contributed by atoms with Crippen LogP contribution < -0.4 is 5.32 Å². The highest BCUT2D eigenvalue weighted by Crippen LogP contribution is 2.12. The summed E-state index contributed by atoms with van der Waals surface area (Å²) in [4.78, 5) is 0. The summed E-state index contributed by atoms with van der Waals surface area (Å²) in [6.45, 7) is 1.01. The maximum Gasteiger partial charge on any atom is 0.123 e. The molecule has 0 saturated heterocycles. The molecule has 0 spiro atoms. The van der Waals surface area contributed by atoms with E-state index in [2.05, 4.69) is 5.32 Å². The first kappa shape index (κ1) is 14.7. The van der Waals surface area contributed by atoms with Crippen LogP contribution in [0.5, 0.6) is 0 Å². The topological polar surface area (TPSA) is 52.5 Å². The lowest BCUT2D eigenvalue weighted by molar-refractivity contribution is 0.174. The van der Waals surface area contributed by atoms with E-state index in [1.54, 1.807) is 12.1 Å². The van der Waals surface area contributed by atoms with Crippen molar-refractivity contribution >= 4 is 0 Å². The zero-order chi connectivity index (χ0) is 14.4. The third-order valence-corrected chi connectivity index (χ3v) is 3.10. The minimum absolute atomic E-state index is 0.0199. The number of benzene rings is 2. The summed E-state index contributed by atoms with van der Waals surface area (Å²) in [6, 6.07) is 13.4. The molecule has 0 aliphatic heterocycles. The Hall–Kier alpha value is -1.75. The maximum atomic E-state index is 12.8. The molecular weight excluding hydrogens is 257 g/mol. The van der Waals surface area contributed by atoms with E-state index in [0.29, 0.717) is 18.7 Å². The molecule has 0 aromatic heterocycles. The molecule has 0 amide bonds. The van der Waals surface area contributed by atoms with E-state index in [-0.39, 0.29) is 12.4 Å². The molecule has 0 bridgehead atoms.